The molecule has 59 heavy (non-hydrogen) atoms. The van der Waals surface area contributed by atoms with Gasteiger partial charge >= 0.3 is 5.97 Å². The lowest BCUT2D eigenvalue weighted by atomic mass is 10.0. The molecular formula is C53H99NO5. The molecule has 0 heterocycles. The zero-order chi connectivity index (χ0) is 43.1. The molecular weight excluding hydrogens is 731 g/mol. The topological polar surface area (TPSA) is 95.9 Å². The van der Waals surface area contributed by atoms with E-state index in [9.17, 15) is 19.8 Å². The van der Waals surface area contributed by atoms with E-state index in [4.69, 9.17) is 4.74 Å². The van der Waals surface area contributed by atoms with Gasteiger partial charge in [0, 0.05) is 6.42 Å². The average molecular weight is 830 g/mol. The second-order valence-corrected chi connectivity index (χ2v) is 17.6. The second-order valence-electron chi connectivity index (χ2n) is 17.6. The van der Waals surface area contributed by atoms with Gasteiger partial charge in [-0.1, -0.05) is 224 Å². The van der Waals surface area contributed by atoms with Crippen molar-refractivity contribution in [1.82, 2.24) is 5.32 Å². The van der Waals surface area contributed by atoms with Crippen LogP contribution in [0.1, 0.15) is 265 Å². The fourth-order valence-electron chi connectivity index (χ4n) is 7.79. The van der Waals surface area contributed by atoms with Gasteiger partial charge < -0.3 is 20.3 Å². The number of rotatable bonds is 46. The van der Waals surface area contributed by atoms with E-state index in [0.29, 0.717) is 19.3 Å². The molecule has 0 aliphatic heterocycles. The standard InChI is InChI=1S/C53H99NO5/c1-4-7-10-13-16-19-22-25-26-28-29-32-35-38-41-44-49(59-53(58)46-43-40-37-34-31-27-23-20-17-14-11-8-5-2)47-52(57)54-50(48-55)51(56)45-42-39-36-33-30-24-21-18-15-12-9-6-3/h16,19,25-26,29,32,49-51,55-56H,4-15,17-18,20-24,27-28,30-31,33-48H2,1-3H3,(H,54,57)/b19-16-,26-25-,32-29-. The van der Waals surface area contributed by atoms with Crippen LogP contribution < -0.4 is 5.32 Å². The second kappa shape index (κ2) is 47.1. The summed E-state index contributed by atoms with van der Waals surface area (Å²) in [5, 5.41) is 23.7. The number of hydrogen-bond donors (Lipinski definition) is 3. The molecule has 3 N–H and O–H groups in total. The Kier molecular flexibility index (Phi) is 45.6. The molecule has 0 bridgehead atoms. The first-order valence-electron chi connectivity index (χ1n) is 25.7. The lowest BCUT2D eigenvalue weighted by Crippen LogP contribution is -2.46. The summed E-state index contributed by atoms with van der Waals surface area (Å²) in [7, 11) is 0. The highest BCUT2D eigenvalue weighted by atomic mass is 16.5. The SMILES string of the molecule is CCCCC/C=C\C/C=C\C/C=C\CCCCC(CC(=O)NC(CO)C(O)CCCCCCCCCCCCCC)OC(=O)CCCCCCCCCCCCCCC. The number of unbranched alkanes of at least 4 members (excludes halogenated alkanes) is 28. The van der Waals surface area contributed by atoms with Crippen LogP contribution in [-0.2, 0) is 14.3 Å². The molecule has 346 valence electrons. The van der Waals surface area contributed by atoms with Crippen LogP contribution in [0.15, 0.2) is 36.5 Å². The van der Waals surface area contributed by atoms with Crippen LogP contribution in [0.2, 0.25) is 0 Å². The first kappa shape index (κ1) is 57.1. The van der Waals surface area contributed by atoms with Crippen LogP contribution in [0.5, 0.6) is 0 Å². The molecule has 3 unspecified atom stereocenters. The van der Waals surface area contributed by atoms with Crippen LogP contribution in [-0.4, -0.2) is 46.9 Å². The molecule has 0 fully saturated rings. The summed E-state index contributed by atoms with van der Waals surface area (Å²) in [5.74, 6) is -0.502. The molecule has 0 aromatic rings. The molecule has 0 saturated heterocycles. The quantitative estimate of drug-likeness (QED) is 0.0323. The first-order valence-corrected chi connectivity index (χ1v) is 25.7. The number of ether oxygens (including phenoxy) is 1. The van der Waals surface area contributed by atoms with E-state index in [1.54, 1.807) is 0 Å². The van der Waals surface area contributed by atoms with Crippen molar-refractivity contribution >= 4 is 11.9 Å². The van der Waals surface area contributed by atoms with Crippen molar-refractivity contribution in [2.75, 3.05) is 6.61 Å². The summed E-state index contributed by atoms with van der Waals surface area (Å²) < 4.78 is 5.91. The summed E-state index contributed by atoms with van der Waals surface area (Å²) in [5.41, 5.74) is 0. The number of amides is 1. The number of carbonyl (C=O) groups excluding carboxylic acids is 2. The van der Waals surface area contributed by atoms with Gasteiger partial charge in [-0.15, -0.1) is 0 Å². The smallest absolute Gasteiger partial charge is 0.306 e. The van der Waals surface area contributed by atoms with Crippen LogP contribution in [0, 0.1) is 0 Å². The summed E-state index contributed by atoms with van der Waals surface area (Å²) >= 11 is 0. The van der Waals surface area contributed by atoms with Crippen molar-refractivity contribution in [2.24, 2.45) is 0 Å². The van der Waals surface area contributed by atoms with Crippen molar-refractivity contribution in [1.29, 1.82) is 0 Å². The number of allylic oxidation sites excluding steroid dienone is 6. The molecule has 0 radical (unpaired) electrons. The van der Waals surface area contributed by atoms with Crippen molar-refractivity contribution in [2.45, 2.75) is 283 Å². The van der Waals surface area contributed by atoms with Crippen LogP contribution >= 0.6 is 0 Å². The summed E-state index contributed by atoms with van der Waals surface area (Å²) in [4.78, 5) is 26.1. The van der Waals surface area contributed by atoms with Gasteiger partial charge in [0.15, 0.2) is 0 Å². The monoisotopic (exact) mass is 830 g/mol. The lowest BCUT2D eigenvalue weighted by molar-refractivity contribution is -0.151. The molecule has 0 aliphatic rings. The third kappa shape index (κ3) is 42.6. The van der Waals surface area contributed by atoms with E-state index in [-0.39, 0.29) is 24.9 Å². The summed E-state index contributed by atoms with van der Waals surface area (Å²) in [6.07, 6.45) is 54.8. The van der Waals surface area contributed by atoms with Crippen molar-refractivity contribution in [3.8, 4) is 0 Å². The third-order valence-electron chi connectivity index (χ3n) is 11.7. The number of esters is 1. The summed E-state index contributed by atoms with van der Waals surface area (Å²) in [6, 6.07) is -0.710. The van der Waals surface area contributed by atoms with Gasteiger partial charge in [-0.05, 0) is 64.2 Å². The van der Waals surface area contributed by atoms with Gasteiger partial charge in [-0.3, -0.25) is 9.59 Å². The summed E-state index contributed by atoms with van der Waals surface area (Å²) in [6.45, 7) is 6.45. The zero-order valence-corrected chi connectivity index (χ0v) is 39.4. The highest BCUT2D eigenvalue weighted by molar-refractivity contribution is 5.77. The molecule has 0 aliphatic carbocycles. The zero-order valence-electron chi connectivity index (χ0n) is 39.4. The van der Waals surface area contributed by atoms with Crippen molar-refractivity contribution in [3.63, 3.8) is 0 Å². The molecule has 0 spiro atoms. The van der Waals surface area contributed by atoms with Crippen LogP contribution in [0.3, 0.4) is 0 Å². The third-order valence-corrected chi connectivity index (χ3v) is 11.7. The Morgan fingerprint density at radius 2 is 0.864 bits per heavy atom. The number of aliphatic hydroxyl groups excluding tert-OH is 2. The maximum Gasteiger partial charge on any atom is 0.306 e. The van der Waals surface area contributed by atoms with Crippen molar-refractivity contribution < 1.29 is 24.5 Å². The Labute approximate surface area is 366 Å². The Hall–Kier alpha value is -1.92. The minimum Gasteiger partial charge on any atom is -0.462 e. The maximum atomic E-state index is 13.2. The number of hydrogen-bond acceptors (Lipinski definition) is 5. The Morgan fingerprint density at radius 1 is 0.492 bits per heavy atom. The lowest BCUT2D eigenvalue weighted by Gasteiger charge is -2.24. The van der Waals surface area contributed by atoms with E-state index in [0.717, 1.165) is 70.6 Å². The minimum absolute atomic E-state index is 0.0554. The van der Waals surface area contributed by atoms with Gasteiger partial charge in [-0.2, -0.15) is 0 Å². The van der Waals surface area contributed by atoms with Gasteiger partial charge in [0.1, 0.15) is 6.10 Å². The normalized spacial score (nSPS) is 13.5. The molecule has 1 amide bonds. The van der Waals surface area contributed by atoms with E-state index < -0.39 is 18.2 Å². The Balaban J connectivity index is 4.64. The number of aliphatic hydroxyl groups is 2. The molecule has 0 rings (SSSR count). The van der Waals surface area contributed by atoms with Crippen LogP contribution in [0.25, 0.3) is 0 Å². The van der Waals surface area contributed by atoms with Gasteiger partial charge in [0.25, 0.3) is 0 Å². The predicted octanol–water partition coefficient (Wildman–Crippen LogP) is 15.3. The average Bonchev–Trinajstić information content (AvgIpc) is 3.23. The van der Waals surface area contributed by atoms with Gasteiger partial charge in [0.2, 0.25) is 5.91 Å². The highest BCUT2D eigenvalue weighted by Crippen LogP contribution is 2.17. The molecule has 3 atom stereocenters. The maximum absolute atomic E-state index is 13.2. The predicted molar refractivity (Wildman–Crippen MR) is 255 cm³/mol. The minimum atomic E-state index is -0.794. The fourth-order valence-corrected chi connectivity index (χ4v) is 7.79. The Morgan fingerprint density at radius 3 is 1.32 bits per heavy atom. The van der Waals surface area contributed by atoms with E-state index in [1.165, 1.54) is 148 Å². The largest absolute Gasteiger partial charge is 0.462 e. The van der Waals surface area contributed by atoms with E-state index >= 15 is 0 Å². The molecule has 6 nitrogen and oxygen atoms in total. The number of carbonyl (C=O) groups is 2. The molecule has 0 saturated carbocycles. The van der Waals surface area contributed by atoms with Gasteiger partial charge in [-0.25, -0.2) is 0 Å². The molecule has 6 heteroatoms. The van der Waals surface area contributed by atoms with E-state index in [2.05, 4.69) is 62.5 Å². The number of nitrogens with one attached hydrogen (secondary N) is 1. The molecule has 0 aromatic carbocycles. The first-order chi connectivity index (χ1) is 29.0. The fraction of sp³-hybridized carbons (Fsp3) is 0.849. The highest BCUT2D eigenvalue weighted by Gasteiger charge is 2.24. The van der Waals surface area contributed by atoms with Crippen LogP contribution in [0.4, 0.5) is 0 Å². The van der Waals surface area contributed by atoms with E-state index in [1.807, 2.05) is 0 Å². The van der Waals surface area contributed by atoms with Crippen molar-refractivity contribution in [3.05, 3.63) is 36.5 Å². The Bertz CT molecular complexity index is 977. The van der Waals surface area contributed by atoms with Gasteiger partial charge in [0.05, 0.1) is 25.2 Å². The molecule has 0 aromatic heterocycles.